The zero-order chi connectivity index (χ0) is 28.7. The normalized spacial score (nSPS) is 11.8. The lowest BCUT2D eigenvalue weighted by atomic mass is 9.95. The third kappa shape index (κ3) is 8.98. The Hall–Kier alpha value is -3.07. The predicted octanol–water partition coefficient (Wildman–Crippen LogP) is 10.3. The van der Waals surface area contributed by atoms with Crippen LogP contribution in [0.3, 0.4) is 0 Å². The quantitative estimate of drug-likeness (QED) is 0.167. The number of hydrogen-bond acceptors (Lipinski definition) is 3. The molecule has 0 fully saturated rings. The number of aromatic nitrogens is 1. The summed E-state index contributed by atoms with van der Waals surface area (Å²) in [6.45, 7) is 13.5. The molecule has 40 heavy (non-hydrogen) atoms. The first kappa shape index (κ1) is 31.5. The van der Waals surface area contributed by atoms with Gasteiger partial charge >= 0.3 is 0 Å². The number of aliphatic imine (C=N–C) groups is 2. The second-order valence-corrected chi connectivity index (χ2v) is 11.0. The number of pyridine rings is 1. The Balaban J connectivity index is 1.95. The highest BCUT2D eigenvalue weighted by Crippen LogP contribution is 2.31. The lowest BCUT2D eigenvalue weighted by Crippen LogP contribution is -1.98. The van der Waals surface area contributed by atoms with Gasteiger partial charge in [0.1, 0.15) is 0 Å². The smallest absolute Gasteiger partial charge is 0.0820 e. The summed E-state index contributed by atoms with van der Waals surface area (Å²) in [4.78, 5) is 15.0. The van der Waals surface area contributed by atoms with Gasteiger partial charge in [0.05, 0.1) is 35.2 Å². The summed E-state index contributed by atoms with van der Waals surface area (Å²) in [5.41, 5.74) is 12.4. The topological polar surface area (TPSA) is 37.6 Å². The Morgan fingerprint density at radius 3 is 1.12 bits per heavy atom. The van der Waals surface area contributed by atoms with Gasteiger partial charge in [-0.2, -0.15) is 0 Å². The summed E-state index contributed by atoms with van der Waals surface area (Å²) < 4.78 is 0. The molecular formula is C37H51N3. The molecule has 3 aromatic rings. The lowest BCUT2D eigenvalue weighted by Gasteiger charge is -2.14. The lowest BCUT2D eigenvalue weighted by molar-refractivity contribution is 0.871. The van der Waals surface area contributed by atoms with E-state index in [2.05, 4.69) is 71.9 Å². The van der Waals surface area contributed by atoms with Crippen molar-refractivity contribution < 1.29 is 0 Å². The van der Waals surface area contributed by atoms with E-state index in [0.717, 1.165) is 87.0 Å². The molecule has 3 nitrogen and oxygen atoms in total. The molecule has 0 spiro atoms. The zero-order valence-electron chi connectivity index (χ0n) is 26.0. The maximum Gasteiger partial charge on any atom is 0.0820 e. The Labute approximate surface area is 244 Å². The molecular weight excluding hydrogens is 486 g/mol. The first-order chi connectivity index (χ1) is 19.6. The fourth-order valence-electron chi connectivity index (χ4n) is 5.58. The van der Waals surface area contributed by atoms with Crippen molar-refractivity contribution in [3.05, 3.63) is 87.2 Å². The average molecular weight is 538 g/mol. The maximum atomic E-state index is 5.05. The van der Waals surface area contributed by atoms with Gasteiger partial charge in [-0.25, -0.2) is 4.98 Å². The molecule has 0 aliphatic rings. The Kier molecular flexibility index (Phi) is 13.3. The zero-order valence-corrected chi connectivity index (χ0v) is 26.0. The van der Waals surface area contributed by atoms with Crippen molar-refractivity contribution in [1.82, 2.24) is 4.98 Å². The number of nitrogens with zero attached hydrogens (tertiary/aromatic N) is 3. The molecule has 0 aliphatic carbocycles. The molecule has 0 atom stereocenters. The molecule has 0 bridgehead atoms. The summed E-state index contributed by atoms with van der Waals surface area (Å²) >= 11 is 0. The first-order valence-corrected chi connectivity index (χ1v) is 15.9. The second kappa shape index (κ2) is 16.9. The minimum atomic E-state index is 0.868. The van der Waals surface area contributed by atoms with Crippen LogP contribution in [-0.4, -0.2) is 17.4 Å². The van der Waals surface area contributed by atoms with E-state index in [1.807, 2.05) is 24.6 Å². The number of benzene rings is 2. The van der Waals surface area contributed by atoms with Gasteiger partial charge in [0, 0.05) is 0 Å². The molecule has 0 radical (unpaired) electrons. The molecule has 0 saturated carbocycles. The summed E-state index contributed by atoms with van der Waals surface area (Å²) in [7, 11) is 0. The molecule has 2 aromatic carbocycles. The van der Waals surface area contributed by atoms with E-state index in [0.29, 0.717) is 0 Å². The third-order valence-electron chi connectivity index (χ3n) is 7.25. The van der Waals surface area contributed by atoms with E-state index < -0.39 is 0 Å². The van der Waals surface area contributed by atoms with Gasteiger partial charge in [-0.3, -0.25) is 9.98 Å². The van der Waals surface area contributed by atoms with Crippen molar-refractivity contribution >= 4 is 23.8 Å². The summed E-state index contributed by atoms with van der Waals surface area (Å²) in [6, 6.07) is 15.6. The number of aryl methyl sites for hydroxylation is 6. The van der Waals surface area contributed by atoms with Gasteiger partial charge in [-0.05, 0) is 84.0 Å². The third-order valence-corrected chi connectivity index (χ3v) is 7.25. The van der Waals surface area contributed by atoms with Gasteiger partial charge in [0.25, 0.3) is 0 Å². The summed E-state index contributed by atoms with van der Waals surface area (Å²) in [6.07, 6.45) is 17.2. The van der Waals surface area contributed by atoms with E-state index in [4.69, 9.17) is 15.0 Å². The van der Waals surface area contributed by atoms with E-state index >= 15 is 0 Å². The largest absolute Gasteiger partial charge is 0.254 e. The van der Waals surface area contributed by atoms with Crippen LogP contribution in [0.5, 0.6) is 0 Å². The standard InChI is InChI=1S/C37H51N3/c1-7-14-28-22-30(16-9-3)36(31(23-28)17-10-4)38-26-34-20-13-21-35(40-34)27-39-37-32(18-11-5)24-29(15-8-2)25-33(37)19-12-6/h13,20-27H,7-12,14-19H2,1-6H3. The van der Waals surface area contributed by atoms with Crippen LogP contribution in [0, 0.1) is 0 Å². The first-order valence-electron chi connectivity index (χ1n) is 15.9. The van der Waals surface area contributed by atoms with Crippen molar-refractivity contribution in [2.75, 3.05) is 0 Å². The molecule has 1 heterocycles. The van der Waals surface area contributed by atoms with Crippen LogP contribution in [0.15, 0.2) is 52.4 Å². The van der Waals surface area contributed by atoms with Crippen molar-refractivity contribution in [3.63, 3.8) is 0 Å². The average Bonchev–Trinajstić information content (AvgIpc) is 2.93. The number of rotatable bonds is 16. The molecule has 3 heteroatoms. The highest BCUT2D eigenvalue weighted by Gasteiger charge is 2.11. The van der Waals surface area contributed by atoms with Crippen LogP contribution in [0.25, 0.3) is 0 Å². The van der Waals surface area contributed by atoms with Crippen molar-refractivity contribution in [3.8, 4) is 0 Å². The van der Waals surface area contributed by atoms with Crippen LogP contribution in [0.1, 0.15) is 125 Å². The fraction of sp³-hybridized carbons (Fsp3) is 0.486. The van der Waals surface area contributed by atoms with E-state index in [1.54, 1.807) is 0 Å². The van der Waals surface area contributed by atoms with Crippen LogP contribution in [-0.2, 0) is 38.5 Å². The minimum absolute atomic E-state index is 0.868. The highest BCUT2D eigenvalue weighted by molar-refractivity contribution is 5.85. The molecule has 0 N–H and O–H groups in total. The van der Waals surface area contributed by atoms with Crippen LogP contribution in [0.4, 0.5) is 11.4 Å². The monoisotopic (exact) mass is 537 g/mol. The maximum absolute atomic E-state index is 5.05. The second-order valence-electron chi connectivity index (χ2n) is 11.0. The Morgan fingerprint density at radius 2 is 0.825 bits per heavy atom. The van der Waals surface area contributed by atoms with Crippen LogP contribution in [0.2, 0.25) is 0 Å². The summed E-state index contributed by atoms with van der Waals surface area (Å²) in [5.74, 6) is 0. The van der Waals surface area contributed by atoms with Crippen molar-refractivity contribution in [2.24, 2.45) is 9.98 Å². The SMILES string of the molecule is CCCc1cc(CCC)c(N=Cc2cccc(C=Nc3c(CCC)cc(CCC)cc3CCC)n2)c(CCC)c1. The number of hydrogen-bond donors (Lipinski definition) is 0. The molecule has 0 unspecified atom stereocenters. The van der Waals surface area contributed by atoms with E-state index in [-0.39, 0.29) is 0 Å². The Bertz CT molecular complexity index is 1120. The van der Waals surface area contributed by atoms with Gasteiger partial charge < -0.3 is 0 Å². The van der Waals surface area contributed by atoms with E-state index in [1.165, 1.54) is 46.2 Å². The molecule has 0 saturated heterocycles. The van der Waals surface area contributed by atoms with Crippen LogP contribution < -0.4 is 0 Å². The van der Waals surface area contributed by atoms with Gasteiger partial charge in [-0.1, -0.05) is 110 Å². The molecule has 3 rings (SSSR count). The van der Waals surface area contributed by atoms with Gasteiger partial charge in [0.2, 0.25) is 0 Å². The minimum Gasteiger partial charge on any atom is -0.254 e. The van der Waals surface area contributed by atoms with Gasteiger partial charge in [-0.15, -0.1) is 0 Å². The van der Waals surface area contributed by atoms with Gasteiger partial charge in [0.15, 0.2) is 0 Å². The fourth-order valence-corrected chi connectivity index (χ4v) is 5.58. The van der Waals surface area contributed by atoms with E-state index in [9.17, 15) is 0 Å². The van der Waals surface area contributed by atoms with Crippen molar-refractivity contribution in [2.45, 2.75) is 119 Å². The summed E-state index contributed by atoms with van der Waals surface area (Å²) in [5, 5.41) is 0. The Morgan fingerprint density at radius 1 is 0.500 bits per heavy atom. The van der Waals surface area contributed by atoms with Crippen LogP contribution >= 0.6 is 0 Å². The molecule has 1 aromatic heterocycles. The molecule has 0 amide bonds. The highest BCUT2D eigenvalue weighted by atomic mass is 14.8. The predicted molar refractivity (Wildman–Crippen MR) is 176 cm³/mol. The molecule has 0 aliphatic heterocycles. The van der Waals surface area contributed by atoms with Crippen molar-refractivity contribution in [1.29, 1.82) is 0 Å². The molecule has 214 valence electrons.